The van der Waals surface area contributed by atoms with Gasteiger partial charge in [0.2, 0.25) is 82.7 Å². The molecule has 0 saturated heterocycles. The van der Waals surface area contributed by atoms with Crippen LogP contribution in [0.3, 0.4) is 0 Å². The molecule has 0 aliphatic heterocycles. The fourth-order valence-electron chi connectivity index (χ4n) is 11.0. The van der Waals surface area contributed by atoms with Gasteiger partial charge in [-0.25, -0.2) is 9.78 Å². The van der Waals surface area contributed by atoms with Gasteiger partial charge in [0.25, 0.3) is 0 Å². The van der Waals surface area contributed by atoms with Crippen molar-refractivity contribution >= 4 is 119 Å². The van der Waals surface area contributed by atoms with Gasteiger partial charge in [0.1, 0.15) is 78.3 Å². The smallest absolute Gasteiger partial charge is 0.327 e. The quantitative estimate of drug-likeness (QED) is 0.0216. The maximum absolute atomic E-state index is 14.6. The first-order valence-electron chi connectivity index (χ1n) is 36.8. The Morgan fingerprint density at radius 2 is 0.851 bits per heavy atom. The van der Waals surface area contributed by atoms with Crippen LogP contribution in [-0.4, -0.2) is 257 Å². The second kappa shape index (κ2) is 50.8. The van der Waals surface area contributed by atoms with Crippen molar-refractivity contribution in [2.24, 2.45) is 40.7 Å². The molecule has 1 aromatic carbocycles. The summed E-state index contributed by atoms with van der Waals surface area (Å²) in [4.78, 5) is 248. The number of carbonyl (C=O) groups excluding carboxylic acids is 14. The van der Waals surface area contributed by atoms with Crippen LogP contribution in [0, 0.1) is 17.8 Å². The molecule has 636 valence electrons. The molecule has 0 saturated carbocycles. The van der Waals surface area contributed by atoms with Gasteiger partial charge < -0.3 is 128 Å². The summed E-state index contributed by atoms with van der Waals surface area (Å²) < 4.78 is 0. The number of rotatable bonds is 55. The number of aromatic nitrogens is 2. The number of phenols is 1. The highest BCUT2D eigenvalue weighted by Gasteiger charge is 2.40. The van der Waals surface area contributed by atoms with Gasteiger partial charge in [0.05, 0.1) is 37.9 Å². The van der Waals surface area contributed by atoms with Crippen molar-refractivity contribution in [3.8, 4) is 5.75 Å². The topological polar surface area (TPSA) is 718 Å². The van der Waals surface area contributed by atoms with Crippen LogP contribution in [0.4, 0.5) is 0 Å². The Labute approximate surface area is 662 Å². The summed E-state index contributed by atoms with van der Waals surface area (Å²) in [5, 5.41) is 90.0. The number of nitrogens with one attached hydrogen (secondary N) is 14. The van der Waals surface area contributed by atoms with E-state index in [0.29, 0.717) is 12.8 Å². The minimum Gasteiger partial charge on any atom is -0.508 e. The third-order valence-electron chi connectivity index (χ3n) is 17.2. The van der Waals surface area contributed by atoms with E-state index in [0.717, 1.165) is 6.92 Å². The van der Waals surface area contributed by atoms with Crippen LogP contribution < -0.4 is 92.1 Å². The number of thiol groups is 1. The second-order valence-corrected chi connectivity index (χ2v) is 28.5. The summed E-state index contributed by atoms with van der Waals surface area (Å²) in [7, 11) is 0. The molecule has 43 nitrogen and oxygen atoms in total. The molecule has 2 rings (SSSR count). The molecule has 1 heterocycles. The van der Waals surface area contributed by atoms with Crippen LogP contribution >= 0.6 is 12.6 Å². The number of aliphatic hydroxyl groups excluding tert-OH is 1. The van der Waals surface area contributed by atoms with E-state index >= 15 is 0 Å². The first kappa shape index (κ1) is 99.0. The van der Waals surface area contributed by atoms with E-state index in [-0.39, 0.29) is 80.3 Å². The SMILES string of the molecule is CC(C)CC(N)C(=O)NC(CCC(=O)O)C(=O)NC(CCC(=O)O)C(=O)NC(CCCCN)C(=O)NC(CCCCN)C(=O)NCC(=O)NC(CC(N)=O)C(=O)NC(Cc1ccc(O)cc1)C(=O)NC(C(=O)NC(C(=O)NC(C(=O)NC(CC(=O)O)C(=O)NC(Cc1cnc[nH]1)C(=O)NC(CS)C(=O)O)C(C)O)C(C)C)C(C)C. The Hall–Kier alpha value is -11.1. The van der Waals surface area contributed by atoms with Gasteiger partial charge in [0.15, 0.2) is 0 Å². The van der Waals surface area contributed by atoms with Gasteiger partial charge in [-0.15, -0.1) is 0 Å². The molecule has 1 aromatic heterocycles. The zero-order chi connectivity index (χ0) is 86.2. The Kier molecular flexibility index (Phi) is 44.1. The Morgan fingerprint density at radius 3 is 1.27 bits per heavy atom. The molecule has 0 bridgehead atoms. The minimum absolute atomic E-state index is 0.0613. The van der Waals surface area contributed by atoms with Crippen LogP contribution in [0.1, 0.15) is 143 Å². The van der Waals surface area contributed by atoms with Gasteiger partial charge in [0, 0.05) is 43.3 Å². The summed E-state index contributed by atoms with van der Waals surface area (Å²) >= 11 is 3.92. The third-order valence-corrected chi connectivity index (χ3v) is 17.6. The molecular weight excluding hydrogens is 1520 g/mol. The lowest BCUT2D eigenvalue weighted by Crippen LogP contribution is -2.63. The molecule has 2 aromatic rings. The number of primary amides is 1. The molecule has 114 heavy (non-hydrogen) atoms. The highest BCUT2D eigenvalue weighted by molar-refractivity contribution is 7.80. The maximum atomic E-state index is 14.6. The summed E-state index contributed by atoms with van der Waals surface area (Å²) in [5.41, 5.74) is 23.5. The van der Waals surface area contributed by atoms with Crippen LogP contribution in [0.2, 0.25) is 0 Å². The molecule has 0 fully saturated rings. The fourth-order valence-corrected chi connectivity index (χ4v) is 11.3. The summed E-state index contributed by atoms with van der Waals surface area (Å²) in [5.74, 6) is -23.7. The lowest BCUT2D eigenvalue weighted by Gasteiger charge is -2.30. The number of carbonyl (C=O) groups is 18. The number of hydrogen-bond acceptors (Lipinski definition) is 25. The number of carboxylic acid groups (broad SMARTS) is 4. The van der Waals surface area contributed by atoms with Gasteiger partial charge in [-0.05, 0) is 113 Å². The van der Waals surface area contributed by atoms with Crippen LogP contribution in [0.15, 0.2) is 36.8 Å². The number of unbranched alkanes of at least 4 members (excludes halogenated alkanes) is 2. The monoisotopic (exact) mass is 1630 g/mol. The van der Waals surface area contributed by atoms with Crippen LogP contribution in [0.25, 0.3) is 0 Å². The van der Waals surface area contributed by atoms with Crippen molar-refractivity contribution in [1.29, 1.82) is 0 Å². The van der Waals surface area contributed by atoms with Crippen molar-refractivity contribution in [3.05, 3.63) is 48.0 Å². The van der Waals surface area contributed by atoms with Crippen LogP contribution in [-0.2, 0) is 99.1 Å². The number of benzene rings is 1. The van der Waals surface area contributed by atoms with E-state index in [9.17, 15) is 117 Å². The number of amides is 14. The van der Waals surface area contributed by atoms with E-state index in [1.54, 1.807) is 13.8 Å². The maximum Gasteiger partial charge on any atom is 0.327 e. The van der Waals surface area contributed by atoms with Crippen molar-refractivity contribution < 1.29 is 117 Å². The highest BCUT2D eigenvalue weighted by Crippen LogP contribution is 2.16. The Balaban J connectivity index is 2.46. The molecule has 28 N–H and O–H groups in total. The number of imidazole rings is 1. The number of aliphatic carboxylic acids is 4. The molecule has 14 unspecified atom stereocenters. The molecular formula is C70H111N19O24S. The second-order valence-electron chi connectivity index (χ2n) is 28.1. The Bertz CT molecular complexity index is 3610. The largest absolute Gasteiger partial charge is 0.508 e. The molecule has 44 heteroatoms. The first-order chi connectivity index (χ1) is 53.5. The number of aromatic amines is 1. The van der Waals surface area contributed by atoms with Crippen molar-refractivity contribution in [2.45, 2.75) is 229 Å². The molecule has 0 aliphatic carbocycles. The highest BCUT2D eigenvalue weighted by atomic mass is 32.1. The molecule has 0 spiro atoms. The van der Waals surface area contributed by atoms with Crippen molar-refractivity contribution in [3.63, 3.8) is 0 Å². The Morgan fingerprint density at radius 1 is 0.456 bits per heavy atom. The average molecular weight is 1630 g/mol. The molecule has 14 amide bonds. The number of phenolic OH excluding ortho intramolecular Hbond substituents is 1. The summed E-state index contributed by atoms with van der Waals surface area (Å²) in [6, 6.07) is -16.2. The minimum atomic E-state index is -2.02. The number of H-pyrrole nitrogens is 1. The van der Waals surface area contributed by atoms with E-state index < -0.39 is 255 Å². The fraction of sp³-hybridized carbons (Fsp3) is 0.614. The first-order valence-corrected chi connectivity index (χ1v) is 37.4. The van der Waals surface area contributed by atoms with Gasteiger partial charge in [-0.2, -0.15) is 12.6 Å². The van der Waals surface area contributed by atoms with E-state index in [1.165, 1.54) is 64.5 Å². The molecule has 14 atom stereocenters. The van der Waals surface area contributed by atoms with Gasteiger partial charge >= 0.3 is 23.9 Å². The van der Waals surface area contributed by atoms with Crippen molar-refractivity contribution in [2.75, 3.05) is 25.4 Å². The predicted molar refractivity (Wildman–Crippen MR) is 406 cm³/mol. The van der Waals surface area contributed by atoms with Crippen molar-refractivity contribution in [1.82, 2.24) is 79.1 Å². The molecule has 0 aliphatic rings. The normalized spacial score (nSPS) is 14.9. The predicted octanol–water partition coefficient (Wildman–Crippen LogP) is -6.75. The number of carboxylic acids is 4. The standard InChI is InChI=1S/C70H111N19O24S/c1-33(2)24-40(73)58(100)79-43(18-20-52(94)95)61(103)82-44(19-21-53(96)97)62(104)81-42(13-9-11-23-72)60(102)80-41(12-8-10-22-71)59(101)76-30-51(93)78-47(27-50(74)92)64(106)83-45(25-37-14-16-39(91)17-15-37)66(108)87-55(34(3)4)67(109)88-56(35(5)6)68(110)89-57(36(7)90)69(111)85-48(28-54(98)99)65(107)84-46(26-38-29-75-32-77-38)63(105)86-49(31-114)70(112)113/h14-17,29,32-36,40-49,55-57,90-91,114H,8-13,18-28,30-31,71-73H2,1-7H3,(H2,74,92)(H,75,77)(H,76,101)(H,78,93)(H,79,100)(H,80,102)(H,81,104)(H,82,103)(H,83,106)(H,84,107)(H,85,111)(H,86,105)(H,87,108)(H,88,109)(H,89,110)(H,94,95)(H,96,97)(H,98,99)(H,112,113). The molecule has 0 radical (unpaired) electrons. The number of nitrogens with two attached hydrogens (primary N) is 4. The zero-order valence-corrected chi connectivity index (χ0v) is 65.3. The van der Waals surface area contributed by atoms with Gasteiger partial charge in [-0.1, -0.05) is 53.7 Å². The number of hydrogen-bond donors (Lipinski definition) is 25. The number of aromatic hydroxyl groups is 1. The number of nitrogens with zero attached hydrogens (tertiary/aromatic N) is 1. The van der Waals surface area contributed by atoms with E-state index in [4.69, 9.17) is 22.9 Å². The van der Waals surface area contributed by atoms with E-state index in [2.05, 4.69) is 91.7 Å². The average Bonchev–Trinajstić information content (AvgIpc) is 1.71. The third kappa shape index (κ3) is 37.0. The van der Waals surface area contributed by atoms with Gasteiger partial charge in [-0.3, -0.25) is 81.5 Å². The summed E-state index contributed by atoms with van der Waals surface area (Å²) in [6.45, 7) is 9.78. The summed E-state index contributed by atoms with van der Waals surface area (Å²) in [6.07, 6.45) is -3.64. The zero-order valence-electron chi connectivity index (χ0n) is 64.4. The lowest BCUT2D eigenvalue weighted by atomic mass is 9.98. The van der Waals surface area contributed by atoms with E-state index in [1.807, 2.05) is 0 Å². The number of aliphatic hydroxyl groups is 1. The lowest BCUT2D eigenvalue weighted by molar-refractivity contribution is -0.143. The van der Waals surface area contributed by atoms with Crippen LogP contribution in [0.5, 0.6) is 5.75 Å².